The quantitative estimate of drug-likeness (QED) is 0.498. The van der Waals surface area contributed by atoms with Crippen molar-refractivity contribution in [2.75, 3.05) is 5.73 Å². The van der Waals surface area contributed by atoms with Crippen LogP contribution in [0.3, 0.4) is 0 Å². The molecule has 0 aromatic heterocycles. The van der Waals surface area contributed by atoms with E-state index in [1.54, 1.807) is 17.8 Å². The Labute approximate surface area is 98.4 Å². The molecule has 86 valence electrons. The molecule has 0 bridgehead atoms. The normalized spacial score (nSPS) is 16.5. The lowest BCUT2D eigenvalue weighted by molar-refractivity contribution is -0.384. The Balaban J connectivity index is 2.12. The van der Waals surface area contributed by atoms with Crippen molar-refractivity contribution in [2.45, 2.75) is 35.8 Å². The zero-order valence-corrected chi connectivity index (χ0v) is 9.70. The molecule has 2 rings (SSSR count). The fraction of sp³-hybridized carbons (Fsp3) is 0.455. The molecule has 1 fully saturated rings. The van der Waals surface area contributed by atoms with Crippen LogP contribution in [0, 0.1) is 10.1 Å². The summed E-state index contributed by atoms with van der Waals surface area (Å²) in [6, 6.07) is 4.72. The lowest BCUT2D eigenvalue weighted by Gasteiger charge is -2.10. The number of nitrogens with zero attached hydrogens (tertiary/aromatic N) is 1. The standard InChI is InChI=1S/C11H14N2O2S/c12-10-7-8(13(14)15)5-6-11(10)16-9-3-1-2-4-9/h5-7,9H,1-4,12H2. The Hall–Kier alpha value is -1.23. The molecule has 1 aromatic carbocycles. The number of anilines is 1. The van der Waals surface area contributed by atoms with E-state index in [2.05, 4.69) is 0 Å². The van der Waals surface area contributed by atoms with E-state index in [0.717, 1.165) is 4.90 Å². The minimum Gasteiger partial charge on any atom is -0.398 e. The van der Waals surface area contributed by atoms with Crippen molar-refractivity contribution in [1.29, 1.82) is 0 Å². The van der Waals surface area contributed by atoms with Crippen molar-refractivity contribution in [3.63, 3.8) is 0 Å². The Morgan fingerprint density at radius 3 is 2.62 bits per heavy atom. The summed E-state index contributed by atoms with van der Waals surface area (Å²) in [4.78, 5) is 11.1. The van der Waals surface area contributed by atoms with Crippen molar-refractivity contribution in [1.82, 2.24) is 0 Å². The molecule has 0 radical (unpaired) electrons. The van der Waals surface area contributed by atoms with Gasteiger partial charge in [-0.3, -0.25) is 10.1 Å². The van der Waals surface area contributed by atoms with Crippen LogP contribution >= 0.6 is 11.8 Å². The number of nitrogen functional groups attached to an aromatic ring is 1. The van der Waals surface area contributed by atoms with Gasteiger partial charge < -0.3 is 5.73 Å². The lowest BCUT2D eigenvalue weighted by atomic mass is 10.3. The molecule has 4 nitrogen and oxygen atoms in total. The van der Waals surface area contributed by atoms with E-state index in [9.17, 15) is 10.1 Å². The Morgan fingerprint density at radius 2 is 2.06 bits per heavy atom. The van der Waals surface area contributed by atoms with Gasteiger partial charge in [-0.05, 0) is 18.9 Å². The predicted molar refractivity (Wildman–Crippen MR) is 65.6 cm³/mol. The van der Waals surface area contributed by atoms with E-state index in [1.807, 2.05) is 0 Å². The first kappa shape index (κ1) is 11.3. The second-order valence-corrected chi connectivity index (χ2v) is 5.35. The molecule has 1 aromatic rings. The summed E-state index contributed by atoms with van der Waals surface area (Å²) in [6.45, 7) is 0. The van der Waals surface area contributed by atoms with Gasteiger partial charge in [0, 0.05) is 22.3 Å². The third-order valence-electron chi connectivity index (χ3n) is 2.80. The smallest absolute Gasteiger partial charge is 0.271 e. The highest BCUT2D eigenvalue weighted by Crippen LogP contribution is 2.38. The summed E-state index contributed by atoms with van der Waals surface area (Å²) in [7, 11) is 0. The number of non-ortho nitro benzene ring substituents is 1. The lowest BCUT2D eigenvalue weighted by Crippen LogP contribution is -1.97. The van der Waals surface area contributed by atoms with Crippen LogP contribution < -0.4 is 5.73 Å². The van der Waals surface area contributed by atoms with Gasteiger partial charge in [0.1, 0.15) is 0 Å². The van der Waals surface area contributed by atoms with Crippen LogP contribution in [0.1, 0.15) is 25.7 Å². The Kier molecular flexibility index (Phi) is 3.33. The summed E-state index contributed by atoms with van der Waals surface area (Å²) < 4.78 is 0. The molecule has 0 aliphatic heterocycles. The Bertz CT molecular complexity index is 403. The van der Waals surface area contributed by atoms with Crippen LogP contribution in [0.5, 0.6) is 0 Å². The maximum Gasteiger partial charge on any atom is 0.271 e. The summed E-state index contributed by atoms with van der Waals surface area (Å²) in [5.74, 6) is 0. The average Bonchev–Trinajstić information content (AvgIpc) is 2.73. The van der Waals surface area contributed by atoms with Gasteiger partial charge in [0.25, 0.3) is 5.69 Å². The number of nitro groups is 1. The van der Waals surface area contributed by atoms with Gasteiger partial charge in [-0.2, -0.15) is 0 Å². The molecule has 1 aliphatic rings. The SMILES string of the molecule is Nc1cc([N+](=O)[O-])ccc1SC1CCCC1. The summed E-state index contributed by atoms with van der Waals surface area (Å²) in [6.07, 6.45) is 5.01. The largest absolute Gasteiger partial charge is 0.398 e. The van der Waals surface area contributed by atoms with Gasteiger partial charge in [-0.1, -0.05) is 12.8 Å². The average molecular weight is 238 g/mol. The maximum atomic E-state index is 10.6. The molecular weight excluding hydrogens is 224 g/mol. The molecule has 0 atom stereocenters. The van der Waals surface area contributed by atoms with E-state index in [1.165, 1.54) is 37.8 Å². The minimum atomic E-state index is -0.416. The van der Waals surface area contributed by atoms with E-state index in [0.29, 0.717) is 10.9 Å². The topological polar surface area (TPSA) is 69.2 Å². The van der Waals surface area contributed by atoms with E-state index < -0.39 is 4.92 Å². The highest BCUT2D eigenvalue weighted by Gasteiger charge is 2.18. The molecule has 2 N–H and O–H groups in total. The van der Waals surface area contributed by atoms with Gasteiger partial charge in [0.2, 0.25) is 0 Å². The van der Waals surface area contributed by atoms with Crippen LogP contribution in [0.15, 0.2) is 23.1 Å². The zero-order chi connectivity index (χ0) is 11.5. The summed E-state index contributed by atoms with van der Waals surface area (Å²) in [5, 5.41) is 11.2. The fourth-order valence-corrected chi connectivity index (χ4v) is 3.21. The number of nitrogens with two attached hydrogens (primary N) is 1. The van der Waals surface area contributed by atoms with E-state index in [4.69, 9.17) is 5.73 Å². The van der Waals surface area contributed by atoms with Crippen LogP contribution in [0.2, 0.25) is 0 Å². The van der Waals surface area contributed by atoms with Gasteiger partial charge in [0.15, 0.2) is 0 Å². The zero-order valence-electron chi connectivity index (χ0n) is 8.89. The van der Waals surface area contributed by atoms with Gasteiger partial charge in [0.05, 0.1) is 10.6 Å². The van der Waals surface area contributed by atoms with E-state index in [-0.39, 0.29) is 5.69 Å². The first-order chi connectivity index (χ1) is 7.66. The monoisotopic (exact) mass is 238 g/mol. The molecule has 0 heterocycles. The molecule has 0 amide bonds. The highest BCUT2D eigenvalue weighted by molar-refractivity contribution is 8.00. The van der Waals surface area contributed by atoms with E-state index >= 15 is 0 Å². The molecule has 5 heteroatoms. The van der Waals surface area contributed by atoms with Crippen LogP contribution in [-0.4, -0.2) is 10.2 Å². The van der Waals surface area contributed by atoms with Crippen molar-refractivity contribution in [3.8, 4) is 0 Å². The van der Waals surface area contributed by atoms with Crippen LogP contribution in [0.4, 0.5) is 11.4 Å². The highest BCUT2D eigenvalue weighted by atomic mass is 32.2. The summed E-state index contributed by atoms with van der Waals surface area (Å²) >= 11 is 1.75. The van der Waals surface area contributed by atoms with Crippen molar-refractivity contribution in [3.05, 3.63) is 28.3 Å². The van der Waals surface area contributed by atoms with Crippen molar-refractivity contribution in [2.24, 2.45) is 0 Å². The molecule has 0 unspecified atom stereocenters. The third kappa shape index (κ3) is 2.47. The Morgan fingerprint density at radius 1 is 1.38 bits per heavy atom. The van der Waals surface area contributed by atoms with Gasteiger partial charge in [-0.15, -0.1) is 11.8 Å². The number of hydrogen-bond donors (Lipinski definition) is 1. The minimum absolute atomic E-state index is 0.0632. The second-order valence-electron chi connectivity index (χ2n) is 4.00. The second kappa shape index (κ2) is 4.74. The van der Waals surface area contributed by atoms with Crippen molar-refractivity contribution >= 4 is 23.1 Å². The number of thioether (sulfide) groups is 1. The van der Waals surface area contributed by atoms with Crippen molar-refractivity contribution < 1.29 is 4.92 Å². The third-order valence-corrected chi connectivity index (χ3v) is 4.23. The van der Waals surface area contributed by atoms with Gasteiger partial charge in [-0.25, -0.2) is 0 Å². The number of nitro benzene ring substituents is 1. The number of hydrogen-bond acceptors (Lipinski definition) is 4. The van der Waals surface area contributed by atoms with Crippen LogP contribution in [-0.2, 0) is 0 Å². The fourth-order valence-electron chi connectivity index (χ4n) is 1.94. The maximum absolute atomic E-state index is 10.6. The molecule has 16 heavy (non-hydrogen) atoms. The van der Waals surface area contributed by atoms with Crippen LogP contribution in [0.25, 0.3) is 0 Å². The number of benzene rings is 1. The number of rotatable bonds is 3. The molecule has 0 spiro atoms. The molecule has 0 saturated heterocycles. The van der Waals surface area contributed by atoms with Gasteiger partial charge >= 0.3 is 0 Å². The molecule has 1 saturated carbocycles. The summed E-state index contributed by atoms with van der Waals surface area (Å²) in [5.41, 5.74) is 6.39. The first-order valence-electron chi connectivity index (χ1n) is 5.37. The molecular formula is C11H14N2O2S. The predicted octanol–water partition coefficient (Wildman–Crippen LogP) is 3.21. The molecule has 1 aliphatic carbocycles. The first-order valence-corrected chi connectivity index (χ1v) is 6.25.